The van der Waals surface area contributed by atoms with Gasteiger partial charge in [-0.05, 0) is 33.2 Å². The highest BCUT2D eigenvalue weighted by atomic mass is 16.3. The van der Waals surface area contributed by atoms with Crippen molar-refractivity contribution in [1.29, 1.82) is 0 Å². The van der Waals surface area contributed by atoms with Crippen LogP contribution in [0.4, 0.5) is 0 Å². The second kappa shape index (κ2) is 7.24. The summed E-state index contributed by atoms with van der Waals surface area (Å²) in [5.41, 5.74) is 0.0776. The fourth-order valence-corrected chi connectivity index (χ4v) is 2.11. The third-order valence-electron chi connectivity index (χ3n) is 3.06. The van der Waals surface area contributed by atoms with E-state index in [-0.39, 0.29) is 5.41 Å². The average molecular weight is 215 g/mol. The summed E-state index contributed by atoms with van der Waals surface area (Å²) in [6.07, 6.45) is 3.44. The van der Waals surface area contributed by atoms with Crippen molar-refractivity contribution < 1.29 is 5.11 Å². The normalized spacial score (nSPS) is 16.0. The maximum Gasteiger partial charge on any atom is 0.0497 e. The first kappa shape index (κ1) is 14.9. The Balaban J connectivity index is 4.33. The predicted octanol–water partition coefficient (Wildman–Crippen LogP) is 2.91. The fraction of sp³-hybridized carbons (Fsp3) is 1.00. The van der Waals surface area contributed by atoms with Crippen LogP contribution in [-0.4, -0.2) is 35.7 Å². The Labute approximate surface area is 95.7 Å². The number of nitrogens with zero attached hydrogens (tertiary/aromatic N) is 1. The van der Waals surface area contributed by atoms with Gasteiger partial charge in [0.25, 0.3) is 0 Å². The van der Waals surface area contributed by atoms with Gasteiger partial charge in [-0.1, -0.05) is 27.2 Å². The molecule has 1 N–H and O–H groups in total. The van der Waals surface area contributed by atoms with Crippen molar-refractivity contribution in [1.82, 2.24) is 4.90 Å². The van der Waals surface area contributed by atoms with Crippen molar-refractivity contribution in [2.24, 2.45) is 5.41 Å². The molecule has 0 heterocycles. The molecule has 0 aliphatic carbocycles. The Hall–Kier alpha value is -0.0800. The summed E-state index contributed by atoms with van der Waals surface area (Å²) in [6, 6.07) is 0.577. The van der Waals surface area contributed by atoms with Crippen molar-refractivity contribution in [3.63, 3.8) is 0 Å². The fourth-order valence-electron chi connectivity index (χ4n) is 2.11. The molecule has 0 fully saturated rings. The molecule has 0 saturated heterocycles. The zero-order valence-electron chi connectivity index (χ0n) is 11.2. The van der Waals surface area contributed by atoms with Crippen LogP contribution in [0.3, 0.4) is 0 Å². The van der Waals surface area contributed by atoms with Gasteiger partial charge in [0.2, 0.25) is 0 Å². The lowest BCUT2D eigenvalue weighted by Gasteiger charge is -2.36. The summed E-state index contributed by atoms with van der Waals surface area (Å²) in [6.45, 7) is 13.5. The van der Waals surface area contributed by atoms with E-state index >= 15 is 0 Å². The highest BCUT2D eigenvalue weighted by molar-refractivity contribution is 4.78. The van der Waals surface area contributed by atoms with Gasteiger partial charge >= 0.3 is 0 Å². The van der Waals surface area contributed by atoms with Gasteiger partial charge in [0, 0.05) is 24.6 Å². The van der Waals surface area contributed by atoms with E-state index in [1.807, 2.05) is 0 Å². The van der Waals surface area contributed by atoms with Crippen LogP contribution in [-0.2, 0) is 0 Å². The number of rotatable bonds is 8. The molecule has 0 spiro atoms. The molecule has 0 radical (unpaired) electrons. The first-order chi connectivity index (χ1) is 6.99. The Morgan fingerprint density at radius 1 is 1.20 bits per heavy atom. The number of aliphatic hydroxyl groups is 1. The quantitative estimate of drug-likeness (QED) is 0.673. The van der Waals surface area contributed by atoms with E-state index in [1.54, 1.807) is 0 Å². The van der Waals surface area contributed by atoms with Crippen LogP contribution in [0.2, 0.25) is 0 Å². The zero-order chi connectivity index (χ0) is 11.9. The Morgan fingerprint density at radius 3 is 2.13 bits per heavy atom. The molecule has 1 atom stereocenters. The first-order valence-electron chi connectivity index (χ1n) is 6.34. The smallest absolute Gasteiger partial charge is 0.0497 e. The lowest BCUT2D eigenvalue weighted by Crippen LogP contribution is -2.42. The van der Waals surface area contributed by atoms with Gasteiger partial charge < -0.3 is 10.0 Å². The van der Waals surface area contributed by atoms with Crippen molar-refractivity contribution in [2.45, 2.75) is 59.9 Å². The second-order valence-electron chi connectivity index (χ2n) is 5.28. The molecule has 0 saturated carbocycles. The van der Waals surface area contributed by atoms with E-state index in [9.17, 15) is 5.11 Å². The van der Waals surface area contributed by atoms with Gasteiger partial charge in [-0.15, -0.1) is 0 Å². The minimum atomic E-state index is 0.0776. The summed E-state index contributed by atoms with van der Waals surface area (Å²) in [5, 5.41) is 9.49. The Kier molecular flexibility index (Phi) is 7.20. The standard InChI is InChI=1S/C13H29NO/c1-6-8-13(5,11-15)10-14(9-7-2)12(3)4/h12,15H,6-11H2,1-5H3. The van der Waals surface area contributed by atoms with E-state index in [1.165, 1.54) is 6.42 Å². The summed E-state index contributed by atoms with van der Waals surface area (Å²) in [4.78, 5) is 2.48. The van der Waals surface area contributed by atoms with E-state index in [0.717, 1.165) is 25.9 Å². The molecule has 2 nitrogen and oxygen atoms in total. The topological polar surface area (TPSA) is 23.5 Å². The summed E-state index contributed by atoms with van der Waals surface area (Å²) in [7, 11) is 0. The van der Waals surface area contributed by atoms with Crippen molar-refractivity contribution >= 4 is 0 Å². The van der Waals surface area contributed by atoms with Crippen LogP contribution in [0.15, 0.2) is 0 Å². The lowest BCUT2D eigenvalue weighted by molar-refractivity contribution is 0.0660. The molecule has 0 aromatic carbocycles. The van der Waals surface area contributed by atoms with Gasteiger partial charge in [0.1, 0.15) is 0 Å². The monoisotopic (exact) mass is 215 g/mol. The van der Waals surface area contributed by atoms with Crippen molar-refractivity contribution in [2.75, 3.05) is 19.7 Å². The number of hydrogen-bond donors (Lipinski definition) is 1. The molecule has 0 aromatic heterocycles. The summed E-state index contributed by atoms with van der Waals surface area (Å²) < 4.78 is 0. The molecule has 0 rings (SSSR count). The molecule has 92 valence electrons. The lowest BCUT2D eigenvalue weighted by atomic mass is 9.85. The van der Waals surface area contributed by atoms with E-state index in [0.29, 0.717) is 12.6 Å². The molecule has 1 unspecified atom stereocenters. The molecule has 2 heteroatoms. The number of aliphatic hydroxyl groups excluding tert-OH is 1. The Morgan fingerprint density at radius 2 is 1.80 bits per heavy atom. The summed E-state index contributed by atoms with van der Waals surface area (Å²) >= 11 is 0. The molecule has 0 amide bonds. The Bertz CT molecular complexity index is 159. The minimum absolute atomic E-state index is 0.0776. The zero-order valence-corrected chi connectivity index (χ0v) is 11.2. The predicted molar refractivity (Wildman–Crippen MR) is 67.1 cm³/mol. The molecule has 15 heavy (non-hydrogen) atoms. The van der Waals surface area contributed by atoms with Crippen LogP contribution < -0.4 is 0 Å². The van der Waals surface area contributed by atoms with Crippen LogP contribution >= 0.6 is 0 Å². The van der Waals surface area contributed by atoms with Crippen LogP contribution in [0.5, 0.6) is 0 Å². The van der Waals surface area contributed by atoms with Crippen molar-refractivity contribution in [3.05, 3.63) is 0 Å². The van der Waals surface area contributed by atoms with Crippen LogP contribution in [0.25, 0.3) is 0 Å². The summed E-state index contributed by atoms with van der Waals surface area (Å²) in [5.74, 6) is 0. The van der Waals surface area contributed by atoms with Gasteiger partial charge in [0.15, 0.2) is 0 Å². The van der Waals surface area contributed by atoms with Gasteiger partial charge in [-0.2, -0.15) is 0 Å². The molecular formula is C13H29NO. The van der Waals surface area contributed by atoms with Gasteiger partial charge in [0.05, 0.1) is 0 Å². The molecule has 0 bridgehead atoms. The van der Waals surface area contributed by atoms with Crippen LogP contribution in [0.1, 0.15) is 53.9 Å². The third-order valence-corrected chi connectivity index (χ3v) is 3.06. The van der Waals surface area contributed by atoms with Gasteiger partial charge in [-0.25, -0.2) is 0 Å². The largest absolute Gasteiger partial charge is 0.396 e. The highest BCUT2D eigenvalue weighted by Gasteiger charge is 2.26. The van der Waals surface area contributed by atoms with E-state index < -0.39 is 0 Å². The van der Waals surface area contributed by atoms with E-state index in [4.69, 9.17) is 0 Å². The van der Waals surface area contributed by atoms with E-state index in [2.05, 4.69) is 39.5 Å². The first-order valence-corrected chi connectivity index (χ1v) is 6.34. The molecular weight excluding hydrogens is 186 g/mol. The van der Waals surface area contributed by atoms with Crippen LogP contribution in [0, 0.1) is 5.41 Å². The third kappa shape index (κ3) is 5.53. The maximum absolute atomic E-state index is 9.49. The molecule has 0 aliphatic heterocycles. The second-order valence-corrected chi connectivity index (χ2v) is 5.28. The highest BCUT2D eigenvalue weighted by Crippen LogP contribution is 2.24. The minimum Gasteiger partial charge on any atom is -0.396 e. The molecule has 0 aliphatic rings. The van der Waals surface area contributed by atoms with Gasteiger partial charge in [-0.3, -0.25) is 0 Å². The average Bonchev–Trinajstić information content (AvgIpc) is 2.17. The maximum atomic E-state index is 9.49. The SMILES string of the molecule is CCCN(CC(C)(CO)CCC)C(C)C. The molecule has 0 aromatic rings. The van der Waals surface area contributed by atoms with Crippen molar-refractivity contribution in [3.8, 4) is 0 Å². The number of hydrogen-bond acceptors (Lipinski definition) is 2.